The SMILES string of the molecule is COc1ccc(Cl)cc1C(N)C1CCCc2sccc21. The van der Waals surface area contributed by atoms with Gasteiger partial charge in [-0.3, -0.25) is 0 Å². The van der Waals surface area contributed by atoms with Gasteiger partial charge in [-0.15, -0.1) is 11.3 Å². The normalized spacial score (nSPS) is 19.4. The van der Waals surface area contributed by atoms with Crippen LogP contribution in [0.5, 0.6) is 5.75 Å². The number of aryl methyl sites for hydroxylation is 1. The van der Waals surface area contributed by atoms with Crippen molar-refractivity contribution in [1.29, 1.82) is 0 Å². The van der Waals surface area contributed by atoms with Gasteiger partial charge in [-0.2, -0.15) is 0 Å². The minimum atomic E-state index is -0.0719. The summed E-state index contributed by atoms with van der Waals surface area (Å²) < 4.78 is 5.45. The van der Waals surface area contributed by atoms with Crippen molar-refractivity contribution in [1.82, 2.24) is 0 Å². The number of halogens is 1. The number of nitrogens with two attached hydrogens (primary N) is 1. The van der Waals surface area contributed by atoms with E-state index >= 15 is 0 Å². The van der Waals surface area contributed by atoms with Crippen LogP contribution in [0.2, 0.25) is 5.02 Å². The van der Waals surface area contributed by atoms with Crippen molar-refractivity contribution < 1.29 is 4.74 Å². The minimum absolute atomic E-state index is 0.0719. The predicted molar refractivity (Wildman–Crippen MR) is 84.9 cm³/mol. The minimum Gasteiger partial charge on any atom is -0.496 e. The quantitative estimate of drug-likeness (QED) is 0.904. The monoisotopic (exact) mass is 307 g/mol. The van der Waals surface area contributed by atoms with Crippen molar-refractivity contribution in [3.8, 4) is 5.75 Å². The molecule has 2 atom stereocenters. The zero-order valence-corrected chi connectivity index (χ0v) is 13.0. The van der Waals surface area contributed by atoms with Crippen LogP contribution in [0.3, 0.4) is 0 Å². The Kier molecular flexibility index (Phi) is 4.01. The third-order valence-electron chi connectivity index (χ3n) is 4.08. The molecule has 1 aliphatic rings. The first kappa shape index (κ1) is 13.9. The second kappa shape index (κ2) is 5.76. The molecule has 3 rings (SSSR count). The Hall–Kier alpha value is -1.03. The number of fused-ring (bicyclic) bond motifs is 1. The van der Waals surface area contributed by atoms with E-state index in [1.807, 2.05) is 29.5 Å². The lowest BCUT2D eigenvalue weighted by molar-refractivity contribution is 0.395. The van der Waals surface area contributed by atoms with Crippen LogP contribution in [0.1, 0.15) is 40.8 Å². The predicted octanol–water partition coefficient (Wildman–Crippen LogP) is 4.53. The maximum absolute atomic E-state index is 6.56. The van der Waals surface area contributed by atoms with E-state index in [0.29, 0.717) is 10.9 Å². The Balaban J connectivity index is 1.98. The van der Waals surface area contributed by atoms with Gasteiger partial charge >= 0.3 is 0 Å². The molecule has 0 saturated carbocycles. The molecule has 20 heavy (non-hydrogen) atoms. The fraction of sp³-hybridized carbons (Fsp3) is 0.375. The highest BCUT2D eigenvalue weighted by atomic mass is 35.5. The molecule has 1 aromatic carbocycles. The van der Waals surface area contributed by atoms with Crippen LogP contribution in [-0.2, 0) is 6.42 Å². The van der Waals surface area contributed by atoms with Crippen molar-refractivity contribution in [2.45, 2.75) is 31.2 Å². The van der Waals surface area contributed by atoms with E-state index in [-0.39, 0.29) is 6.04 Å². The van der Waals surface area contributed by atoms with Gasteiger partial charge in [-0.1, -0.05) is 11.6 Å². The van der Waals surface area contributed by atoms with Gasteiger partial charge in [0.15, 0.2) is 0 Å². The standard InChI is InChI=1S/C16H18ClNOS/c1-19-14-6-5-10(17)9-13(14)16(18)12-3-2-4-15-11(12)7-8-20-15/h5-9,12,16H,2-4,18H2,1H3. The Morgan fingerprint density at radius 1 is 1.40 bits per heavy atom. The van der Waals surface area contributed by atoms with Crippen LogP contribution in [-0.4, -0.2) is 7.11 Å². The second-order valence-electron chi connectivity index (χ2n) is 5.21. The molecule has 0 spiro atoms. The van der Waals surface area contributed by atoms with Crippen LogP contribution in [0, 0.1) is 0 Å². The smallest absolute Gasteiger partial charge is 0.123 e. The summed E-state index contributed by atoms with van der Waals surface area (Å²) in [6.45, 7) is 0. The number of methoxy groups -OCH3 is 1. The average Bonchev–Trinajstić information content (AvgIpc) is 2.94. The number of hydrogen-bond donors (Lipinski definition) is 1. The van der Waals surface area contributed by atoms with Gasteiger partial charge in [0, 0.05) is 27.4 Å². The van der Waals surface area contributed by atoms with Gasteiger partial charge in [-0.05, 0) is 54.5 Å². The van der Waals surface area contributed by atoms with Crippen molar-refractivity contribution in [3.63, 3.8) is 0 Å². The molecule has 2 unspecified atom stereocenters. The summed E-state index contributed by atoms with van der Waals surface area (Å²) in [6.07, 6.45) is 3.51. The van der Waals surface area contributed by atoms with E-state index in [1.165, 1.54) is 23.3 Å². The number of thiophene rings is 1. The summed E-state index contributed by atoms with van der Waals surface area (Å²) in [4.78, 5) is 1.48. The van der Waals surface area contributed by atoms with E-state index in [0.717, 1.165) is 17.7 Å². The van der Waals surface area contributed by atoms with Crippen LogP contribution in [0.25, 0.3) is 0 Å². The van der Waals surface area contributed by atoms with E-state index in [4.69, 9.17) is 22.1 Å². The van der Waals surface area contributed by atoms with Crippen LogP contribution in [0.4, 0.5) is 0 Å². The molecule has 4 heteroatoms. The number of hydrogen-bond acceptors (Lipinski definition) is 3. The molecule has 1 aliphatic carbocycles. The molecule has 0 aliphatic heterocycles. The largest absolute Gasteiger partial charge is 0.496 e. The summed E-state index contributed by atoms with van der Waals surface area (Å²) in [5.74, 6) is 1.18. The Bertz CT molecular complexity index is 610. The van der Waals surface area contributed by atoms with Gasteiger partial charge in [0.2, 0.25) is 0 Å². The zero-order valence-electron chi connectivity index (χ0n) is 11.4. The summed E-state index contributed by atoms with van der Waals surface area (Å²) in [5, 5.41) is 2.88. The van der Waals surface area contributed by atoms with Gasteiger partial charge < -0.3 is 10.5 Å². The molecule has 0 fully saturated rings. The molecule has 0 bridgehead atoms. The molecule has 1 aromatic heterocycles. The summed E-state index contributed by atoms with van der Waals surface area (Å²) in [7, 11) is 1.68. The van der Waals surface area contributed by atoms with Gasteiger partial charge in [0.05, 0.1) is 7.11 Å². The fourth-order valence-electron chi connectivity index (χ4n) is 3.08. The highest BCUT2D eigenvalue weighted by Crippen LogP contribution is 2.43. The molecule has 0 amide bonds. The molecular formula is C16H18ClNOS. The molecule has 2 N–H and O–H groups in total. The van der Waals surface area contributed by atoms with Crippen molar-refractivity contribution in [2.75, 3.05) is 7.11 Å². The van der Waals surface area contributed by atoms with Crippen LogP contribution >= 0.6 is 22.9 Å². The lowest BCUT2D eigenvalue weighted by atomic mass is 9.80. The first-order chi connectivity index (χ1) is 9.70. The summed E-state index contributed by atoms with van der Waals surface area (Å²) >= 11 is 7.97. The van der Waals surface area contributed by atoms with Gasteiger partial charge in [-0.25, -0.2) is 0 Å². The molecule has 0 radical (unpaired) electrons. The number of rotatable bonds is 3. The van der Waals surface area contributed by atoms with Gasteiger partial charge in [0.1, 0.15) is 5.75 Å². The molecular weight excluding hydrogens is 290 g/mol. The molecule has 0 saturated heterocycles. The third kappa shape index (κ3) is 2.46. The fourth-order valence-corrected chi connectivity index (χ4v) is 4.25. The number of ether oxygens (including phenoxy) is 1. The molecule has 2 nitrogen and oxygen atoms in total. The average molecular weight is 308 g/mol. The van der Waals surface area contributed by atoms with Crippen molar-refractivity contribution in [3.05, 3.63) is 50.7 Å². The van der Waals surface area contributed by atoms with E-state index in [2.05, 4.69) is 11.4 Å². The molecule has 2 aromatic rings. The maximum atomic E-state index is 6.56. The van der Waals surface area contributed by atoms with E-state index in [1.54, 1.807) is 7.11 Å². The second-order valence-corrected chi connectivity index (χ2v) is 6.65. The first-order valence-electron chi connectivity index (χ1n) is 6.86. The lowest BCUT2D eigenvalue weighted by Crippen LogP contribution is -2.23. The third-order valence-corrected chi connectivity index (χ3v) is 5.31. The zero-order chi connectivity index (χ0) is 14.1. The highest BCUT2D eigenvalue weighted by molar-refractivity contribution is 7.10. The highest BCUT2D eigenvalue weighted by Gasteiger charge is 2.29. The number of benzene rings is 1. The van der Waals surface area contributed by atoms with Crippen LogP contribution < -0.4 is 10.5 Å². The topological polar surface area (TPSA) is 35.2 Å². The Labute approximate surface area is 128 Å². The van der Waals surface area contributed by atoms with E-state index < -0.39 is 0 Å². The summed E-state index contributed by atoms with van der Waals surface area (Å²) in [5.41, 5.74) is 8.97. The maximum Gasteiger partial charge on any atom is 0.123 e. The molecule has 106 valence electrons. The molecule has 1 heterocycles. The summed E-state index contributed by atoms with van der Waals surface area (Å²) in [6, 6.07) is 7.83. The first-order valence-corrected chi connectivity index (χ1v) is 8.11. The lowest BCUT2D eigenvalue weighted by Gasteiger charge is -2.29. The van der Waals surface area contributed by atoms with E-state index in [9.17, 15) is 0 Å². The Morgan fingerprint density at radius 3 is 3.05 bits per heavy atom. The van der Waals surface area contributed by atoms with Gasteiger partial charge in [0.25, 0.3) is 0 Å². The van der Waals surface area contributed by atoms with Crippen molar-refractivity contribution >= 4 is 22.9 Å². The van der Waals surface area contributed by atoms with Crippen molar-refractivity contribution in [2.24, 2.45) is 5.73 Å². The van der Waals surface area contributed by atoms with Crippen LogP contribution in [0.15, 0.2) is 29.6 Å². The Morgan fingerprint density at radius 2 is 2.25 bits per heavy atom.